The molecule has 20 heavy (non-hydrogen) atoms. The molecular weight excluding hydrogens is 278 g/mol. The minimum Gasteiger partial charge on any atom is -0.492 e. The van der Waals surface area contributed by atoms with Crippen LogP contribution in [0, 0.1) is 0 Å². The molecule has 1 aromatic carbocycles. The number of methoxy groups -OCH3 is 1. The van der Waals surface area contributed by atoms with Crippen LogP contribution >= 0.6 is 11.6 Å². The van der Waals surface area contributed by atoms with Gasteiger partial charge in [0, 0.05) is 19.4 Å². The molecule has 3 unspecified atom stereocenters. The van der Waals surface area contributed by atoms with Gasteiger partial charge in [0.2, 0.25) is 0 Å². The van der Waals surface area contributed by atoms with Crippen LogP contribution in [-0.2, 0) is 9.47 Å². The quantitative estimate of drug-likeness (QED) is 0.838. The molecule has 2 rings (SSSR count). The van der Waals surface area contributed by atoms with E-state index in [-0.39, 0.29) is 18.2 Å². The van der Waals surface area contributed by atoms with Crippen molar-refractivity contribution >= 4 is 17.3 Å². The zero-order valence-corrected chi connectivity index (χ0v) is 12.9. The van der Waals surface area contributed by atoms with Gasteiger partial charge in [0.1, 0.15) is 11.9 Å². The Morgan fingerprint density at radius 1 is 1.30 bits per heavy atom. The van der Waals surface area contributed by atoms with Gasteiger partial charge in [-0.05, 0) is 38.5 Å². The van der Waals surface area contributed by atoms with E-state index in [1.165, 1.54) is 0 Å². The van der Waals surface area contributed by atoms with Crippen molar-refractivity contribution in [3.63, 3.8) is 0 Å². The van der Waals surface area contributed by atoms with Gasteiger partial charge >= 0.3 is 0 Å². The Kier molecular flexibility index (Phi) is 5.52. The molecule has 1 aromatic rings. The van der Waals surface area contributed by atoms with Crippen LogP contribution in [0.25, 0.3) is 0 Å². The zero-order chi connectivity index (χ0) is 14.5. The van der Waals surface area contributed by atoms with Crippen molar-refractivity contribution in [2.24, 2.45) is 0 Å². The second-order valence-electron chi connectivity index (χ2n) is 4.76. The van der Waals surface area contributed by atoms with Crippen LogP contribution in [0.1, 0.15) is 20.3 Å². The number of halogens is 1. The van der Waals surface area contributed by atoms with Crippen molar-refractivity contribution in [1.82, 2.24) is 0 Å². The van der Waals surface area contributed by atoms with Crippen molar-refractivity contribution < 1.29 is 14.2 Å². The van der Waals surface area contributed by atoms with E-state index in [1.54, 1.807) is 7.11 Å². The van der Waals surface area contributed by atoms with E-state index >= 15 is 0 Å². The molecule has 0 saturated heterocycles. The van der Waals surface area contributed by atoms with Crippen molar-refractivity contribution in [1.29, 1.82) is 0 Å². The Labute approximate surface area is 125 Å². The number of hydrogen-bond acceptors (Lipinski definition) is 4. The largest absolute Gasteiger partial charge is 0.492 e. The highest BCUT2D eigenvalue weighted by atomic mass is 35.5. The van der Waals surface area contributed by atoms with E-state index in [4.69, 9.17) is 25.8 Å². The number of anilines is 1. The zero-order valence-electron chi connectivity index (χ0n) is 12.2. The fourth-order valence-electron chi connectivity index (χ4n) is 2.49. The lowest BCUT2D eigenvalue weighted by molar-refractivity contribution is -0.118. The summed E-state index contributed by atoms with van der Waals surface area (Å²) < 4.78 is 16.5. The topological polar surface area (TPSA) is 39.7 Å². The third-order valence-corrected chi connectivity index (χ3v) is 3.78. The highest BCUT2D eigenvalue weighted by Gasteiger charge is 2.42. The fraction of sp³-hybridized carbons (Fsp3) is 0.600. The molecule has 0 bridgehead atoms. The van der Waals surface area contributed by atoms with E-state index in [2.05, 4.69) is 5.32 Å². The molecule has 5 heteroatoms. The molecule has 0 aliphatic heterocycles. The van der Waals surface area contributed by atoms with Crippen molar-refractivity contribution in [3.05, 3.63) is 23.2 Å². The Morgan fingerprint density at radius 3 is 2.70 bits per heavy atom. The maximum Gasteiger partial charge on any atom is 0.138 e. The van der Waals surface area contributed by atoms with Gasteiger partial charge in [-0.1, -0.05) is 11.6 Å². The summed E-state index contributed by atoms with van der Waals surface area (Å²) in [6.45, 7) is 5.26. The second kappa shape index (κ2) is 7.16. The average Bonchev–Trinajstić information content (AvgIpc) is 2.41. The molecule has 0 aromatic heterocycles. The van der Waals surface area contributed by atoms with Gasteiger partial charge in [0.15, 0.2) is 0 Å². The highest BCUT2D eigenvalue weighted by Crippen LogP contribution is 2.32. The Balaban J connectivity index is 1.95. The van der Waals surface area contributed by atoms with Gasteiger partial charge in [-0.3, -0.25) is 0 Å². The van der Waals surface area contributed by atoms with Crippen LogP contribution in [0.5, 0.6) is 5.75 Å². The normalized spacial score (nSPS) is 25.1. The molecule has 0 radical (unpaired) electrons. The number of nitrogens with one attached hydrogen (secondary N) is 1. The van der Waals surface area contributed by atoms with E-state index in [9.17, 15) is 0 Å². The minimum atomic E-state index is 0.0836. The van der Waals surface area contributed by atoms with Crippen LogP contribution in [0.2, 0.25) is 5.02 Å². The minimum absolute atomic E-state index is 0.0836. The van der Waals surface area contributed by atoms with Crippen LogP contribution in [0.15, 0.2) is 18.2 Å². The van der Waals surface area contributed by atoms with Crippen LogP contribution in [0.3, 0.4) is 0 Å². The molecule has 1 fully saturated rings. The van der Waals surface area contributed by atoms with Crippen molar-refractivity contribution in [2.75, 3.05) is 25.6 Å². The first-order valence-corrected chi connectivity index (χ1v) is 7.40. The van der Waals surface area contributed by atoms with Gasteiger partial charge in [-0.25, -0.2) is 0 Å². The van der Waals surface area contributed by atoms with E-state index in [1.807, 2.05) is 32.0 Å². The number of hydrogen-bond donors (Lipinski definition) is 1. The van der Waals surface area contributed by atoms with E-state index in [0.717, 1.165) is 12.1 Å². The lowest BCUT2D eigenvalue weighted by atomic mass is 9.85. The van der Waals surface area contributed by atoms with Gasteiger partial charge in [0.25, 0.3) is 0 Å². The number of benzene rings is 1. The monoisotopic (exact) mass is 299 g/mol. The molecule has 3 atom stereocenters. The lowest BCUT2D eigenvalue weighted by Crippen LogP contribution is -2.56. The Morgan fingerprint density at radius 2 is 2.10 bits per heavy atom. The molecule has 0 spiro atoms. The van der Waals surface area contributed by atoms with Gasteiger partial charge in [-0.2, -0.15) is 0 Å². The summed E-state index contributed by atoms with van der Waals surface area (Å²) in [5, 5.41) is 4.05. The SMILES string of the molecule is CCOc1ccc(NC2CC(OCC)C2OC)cc1Cl. The summed E-state index contributed by atoms with van der Waals surface area (Å²) in [6.07, 6.45) is 1.21. The van der Waals surface area contributed by atoms with E-state index in [0.29, 0.717) is 24.0 Å². The fourth-order valence-corrected chi connectivity index (χ4v) is 2.73. The van der Waals surface area contributed by atoms with Gasteiger partial charge in [-0.15, -0.1) is 0 Å². The van der Waals surface area contributed by atoms with E-state index < -0.39 is 0 Å². The number of rotatable bonds is 7. The standard InChI is InChI=1S/C15H22ClNO3/c1-4-19-13-7-6-10(8-11(13)16)17-12-9-14(20-5-2)15(12)18-3/h6-8,12,14-15,17H,4-5,9H2,1-3H3. The summed E-state index contributed by atoms with van der Waals surface area (Å²) in [5.74, 6) is 0.712. The molecule has 0 amide bonds. The maximum absolute atomic E-state index is 6.18. The highest BCUT2D eigenvalue weighted by molar-refractivity contribution is 6.32. The Hall–Kier alpha value is -0.970. The molecular formula is C15H22ClNO3. The predicted molar refractivity (Wildman–Crippen MR) is 80.9 cm³/mol. The molecule has 1 saturated carbocycles. The molecule has 4 nitrogen and oxygen atoms in total. The van der Waals surface area contributed by atoms with Gasteiger partial charge < -0.3 is 19.5 Å². The van der Waals surface area contributed by atoms with Crippen LogP contribution < -0.4 is 10.1 Å². The van der Waals surface area contributed by atoms with Gasteiger partial charge in [0.05, 0.1) is 23.8 Å². The lowest BCUT2D eigenvalue weighted by Gasteiger charge is -2.43. The maximum atomic E-state index is 6.18. The first-order chi connectivity index (χ1) is 9.69. The molecule has 1 aliphatic rings. The number of ether oxygens (including phenoxy) is 3. The third-order valence-electron chi connectivity index (χ3n) is 3.49. The summed E-state index contributed by atoms with van der Waals surface area (Å²) >= 11 is 6.18. The molecule has 112 valence electrons. The summed E-state index contributed by atoms with van der Waals surface area (Å²) in [5.41, 5.74) is 0.973. The molecule has 1 aliphatic carbocycles. The Bertz CT molecular complexity index is 441. The third kappa shape index (κ3) is 3.37. The first kappa shape index (κ1) is 15.4. The average molecular weight is 300 g/mol. The van der Waals surface area contributed by atoms with Crippen LogP contribution in [-0.4, -0.2) is 38.6 Å². The molecule has 1 N–H and O–H groups in total. The summed E-state index contributed by atoms with van der Waals surface area (Å²) in [4.78, 5) is 0. The predicted octanol–water partition coefficient (Wildman–Crippen LogP) is 3.34. The summed E-state index contributed by atoms with van der Waals surface area (Å²) in [6, 6.07) is 5.99. The first-order valence-electron chi connectivity index (χ1n) is 7.02. The molecule has 0 heterocycles. The smallest absolute Gasteiger partial charge is 0.138 e. The van der Waals surface area contributed by atoms with Crippen molar-refractivity contribution in [2.45, 2.75) is 38.5 Å². The second-order valence-corrected chi connectivity index (χ2v) is 5.17. The van der Waals surface area contributed by atoms with Crippen molar-refractivity contribution in [3.8, 4) is 5.75 Å². The van der Waals surface area contributed by atoms with Crippen LogP contribution in [0.4, 0.5) is 5.69 Å². The summed E-state index contributed by atoms with van der Waals surface area (Å²) in [7, 11) is 1.72.